The Labute approximate surface area is 228 Å². The van der Waals surface area contributed by atoms with Crippen molar-refractivity contribution in [1.29, 1.82) is 0 Å². The number of fused-ring (bicyclic) bond motifs is 2. The van der Waals surface area contributed by atoms with Crippen LogP contribution >= 0.6 is 0 Å². The molecule has 1 atom stereocenters. The first-order chi connectivity index (χ1) is 18.7. The zero-order chi connectivity index (χ0) is 26.1. The number of nitrogens with zero attached hydrogens (tertiary/aromatic N) is 3. The van der Waals surface area contributed by atoms with Crippen LogP contribution in [0.2, 0.25) is 0 Å². The van der Waals surface area contributed by atoms with E-state index in [1.807, 2.05) is 25.2 Å². The lowest BCUT2D eigenvalue weighted by Gasteiger charge is -2.35. The summed E-state index contributed by atoms with van der Waals surface area (Å²) in [5, 5.41) is 0. The van der Waals surface area contributed by atoms with Gasteiger partial charge in [0, 0.05) is 31.6 Å². The molecule has 4 aliphatic rings. The average Bonchev–Trinajstić information content (AvgIpc) is 3.54. The SMILES string of the molecule is C#CC1CCC(CN2CCC(c3ccc4c(c3)N(c3ccccc3C=O)C(=NC)C43CCCCC3)C2)CC1. The highest BCUT2D eigenvalue weighted by molar-refractivity contribution is 6.17. The van der Waals surface area contributed by atoms with Crippen LogP contribution in [0.4, 0.5) is 11.4 Å². The zero-order valence-electron chi connectivity index (χ0n) is 22.9. The molecule has 198 valence electrons. The van der Waals surface area contributed by atoms with Crippen LogP contribution < -0.4 is 4.90 Å². The highest BCUT2D eigenvalue weighted by Crippen LogP contribution is 2.54. The van der Waals surface area contributed by atoms with Crippen LogP contribution in [-0.4, -0.2) is 43.7 Å². The van der Waals surface area contributed by atoms with Crippen LogP contribution in [0.15, 0.2) is 47.5 Å². The third-order valence-electron chi connectivity index (χ3n) is 9.98. The fourth-order valence-corrected chi connectivity index (χ4v) is 7.99. The number of aldehydes is 1. The topological polar surface area (TPSA) is 35.9 Å². The van der Waals surface area contributed by atoms with E-state index >= 15 is 0 Å². The number of aliphatic imine (C=N–C) groups is 1. The van der Waals surface area contributed by atoms with Gasteiger partial charge >= 0.3 is 0 Å². The molecule has 1 unspecified atom stereocenters. The van der Waals surface area contributed by atoms with Crippen LogP contribution in [0.25, 0.3) is 0 Å². The predicted octanol–water partition coefficient (Wildman–Crippen LogP) is 7.11. The zero-order valence-corrected chi connectivity index (χ0v) is 22.9. The van der Waals surface area contributed by atoms with Gasteiger partial charge in [-0.1, -0.05) is 43.5 Å². The summed E-state index contributed by atoms with van der Waals surface area (Å²) in [7, 11) is 1.93. The number of carbonyl (C=O) groups excluding carboxylic acids is 1. The lowest BCUT2D eigenvalue weighted by atomic mass is 9.69. The van der Waals surface area contributed by atoms with Gasteiger partial charge in [-0.2, -0.15) is 0 Å². The van der Waals surface area contributed by atoms with Gasteiger partial charge in [-0.25, -0.2) is 0 Å². The van der Waals surface area contributed by atoms with Gasteiger partial charge in [0.05, 0.1) is 16.8 Å². The summed E-state index contributed by atoms with van der Waals surface area (Å²) in [6.45, 7) is 3.53. The van der Waals surface area contributed by atoms with Crippen LogP contribution in [0.3, 0.4) is 0 Å². The smallest absolute Gasteiger partial charge is 0.152 e. The Bertz CT molecular complexity index is 1240. The number of hydrogen-bond donors (Lipinski definition) is 0. The number of rotatable bonds is 5. The molecule has 2 aromatic carbocycles. The Kier molecular flexibility index (Phi) is 7.14. The summed E-state index contributed by atoms with van der Waals surface area (Å²) in [4.78, 5) is 22.0. The fraction of sp³-hybridized carbons (Fsp3) is 0.529. The summed E-state index contributed by atoms with van der Waals surface area (Å²) in [5.41, 5.74) is 5.71. The molecule has 6 rings (SSSR count). The molecule has 0 N–H and O–H groups in total. The van der Waals surface area contributed by atoms with Gasteiger partial charge in [0.15, 0.2) is 6.29 Å². The Balaban J connectivity index is 1.30. The van der Waals surface area contributed by atoms with Crippen molar-refractivity contribution >= 4 is 23.5 Å². The summed E-state index contributed by atoms with van der Waals surface area (Å²) in [5.74, 6) is 5.94. The quantitative estimate of drug-likeness (QED) is 0.320. The number of anilines is 2. The monoisotopic (exact) mass is 507 g/mol. The Hall–Kier alpha value is -2.90. The molecule has 0 aromatic heterocycles. The maximum absolute atomic E-state index is 12.1. The molecule has 1 spiro atoms. The van der Waals surface area contributed by atoms with E-state index in [0.717, 1.165) is 48.7 Å². The maximum Gasteiger partial charge on any atom is 0.152 e. The van der Waals surface area contributed by atoms with E-state index in [1.54, 1.807) is 0 Å². The minimum Gasteiger partial charge on any atom is -0.302 e. The number of benzene rings is 2. The van der Waals surface area contributed by atoms with Crippen molar-refractivity contribution in [2.45, 2.75) is 75.5 Å². The van der Waals surface area contributed by atoms with E-state index in [9.17, 15) is 4.79 Å². The minimum atomic E-state index is -0.0458. The van der Waals surface area contributed by atoms with E-state index in [2.05, 4.69) is 40.0 Å². The molecule has 4 heteroatoms. The number of carbonyl (C=O) groups is 1. The molecule has 38 heavy (non-hydrogen) atoms. The number of hydrogen-bond acceptors (Lipinski definition) is 3. The molecular formula is C34H41N3O. The molecule has 0 radical (unpaired) electrons. The molecule has 2 aromatic rings. The minimum absolute atomic E-state index is 0.0458. The Morgan fingerprint density at radius 1 is 1.03 bits per heavy atom. The molecule has 2 aliphatic carbocycles. The Morgan fingerprint density at radius 2 is 1.82 bits per heavy atom. The van der Waals surface area contributed by atoms with Crippen molar-refractivity contribution in [2.24, 2.45) is 16.8 Å². The third-order valence-corrected chi connectivity index (χ3v) is 9.98. The molecule has 0 amide bonds. The summed E-state index contributed by atoms with van der Waals surface area (Å²) in [6.07, 6.45) is 18.8. The average molecular weight is 508 g/mol. The van der Waals surface area contributed by atoms with Crippen molar-refractivity contribution in [1.82, 2.24) is 4.90 Å². The lowest BCUT2D eigenvalue weighted by Crippen LogP contribution is -2.40. The second kappa shape index (κ2) is 10.7. The van der Waals surface area contributed by atoms with Gasteiger partial charge in [0.1, 0.15) is 5.84 Å². The van der Waals surface area contributed by atoms with Crippen molar-refractivity contribution < 1.29 is 4.79 Å². The van der Waals surface area contributed by atoms with E-state index in [1.165, 1.54) is 81.3 Å². The van der Waals surface area contributed by atoms with Crippen LogP contribution in [-0.2, 0) is 5.41 Å². The summed E-state index contributed by atoms with van der Waals surface area (Å²) >= 11 is 0. The fourth-order valence-electron chi connectivity index (χ4n) is 7.99. The van der Waals surface area contributed by atoms with Crippen molar-refractivity contribution in [3.05, 3.63) is 59.2 Å². The second-order valence-electron chi connectivity index (χ2n) is 12.1. The second-order valence-corrected chi connectivity index (χ2v) is 12.1. The van der Waals surface area contributed by atoms with E-state index in [4.69, 9.17) is 11.4 Å². The summed E-state index contributed by atoms with van der Waals surface area (Å²) in [6, 6.07) is 15.3. The van der Waals surface area contributed by atoms with Crippen molar-refractivity contribution in [3.8, 4) is 12.3 Å². The highest BCUT2D eigenvalue weighted by atomic mass is 16.1. The van der Waals surface area contributed by atoms with Gasteiger partial charge < -0.3 is 4.90 Å². The first-order valence-electron chi connectivity index (χ1n) is 14.8. The first-order valence-corrected chi connectivity index (χ1v) is 14.8. The van der Waals surface area contributed by atoms with Crippen molar-refractivity contribution in [2.75, 3.05) is 31.6 Å². The molecule has 2 saturated carbocycles. The third kappa shape index (κ3) is 4.39. The molecule has 2 heterocycles. The number of terminal acetylenes is 1. The van der Waals surface area contributed by atoms with Gasteiger partial charge in [-0.3, -0.25) is 14.7 Å². The highest BCUT2D eigenvalue weighted by Gasteiger charge is 2.49. The Morgan fingerprint density at radius 3 is 2.55 bits per heavy atom. The number of amidine groups is 1. The van der Waals surface area contributed by atoms with E-state index < -0.39 is 0 Å². The molecule has 4 nitrogen and oxygen atoms in total. The number of likely N-dealkylation sites (tertiary alicyclic amines) is 1. The normalized spacial score (nSPS) is 27.9. The van der Waals surface area contributed by atoms with Crippen LogP contribution in [0, 0.1) is 24.2 Å². The molecule has 1 saturated heterocycles. The van der Waals surface area contributed by atoms with E-state index in [-0.39, 0.29) is 5.41 Å². The van der Waals surface area contributed by atoms with Gasteiger partial charge in [-0.15, -0.1) is 12.3 Å². The van der Waals surface area contributed by atoms with Gasteiger partial charge in [0.2, 0.25) is 0 Å². The number of para-hydroxylation sites is 1. The molecule has 2 aliphatic heterocycles. The van der Waals surface area contributed by atoms with Crippen LogP contribution in [0.1, 0.15) is 91.6 Å². The largest absolute Gasteiger partial charge is 0.302 e. The molecule has 3 fully saturated rings. The first kappa shape index (κ1) is 25.4. The van der Waals surface area contributed by atoms with Gasteiger partial charge in [0.25, 0.3) is 0 Å². The van der Waals surface area contributed by atoms with Crippen molar-refractivity contribution in [3.63, 3.8) is 0 Å². The lowest BCUT2D eigenvalue weighted by molar-refractivity contribution is 0.112. The van der Waals surface area contributed by atoms with E-state index in [0.29, 0.717) is 11.8 Å². The van der Waals surface area contributed by atoms with Crippen LogP contribution in [0.5, 0.6) is 0 Å². The standard InChI is InChI=1S/C34H41N3O/c1-3-25-11-13-26(14-12-25)22-36-20-17-28(23-36)27-15-16-30-32(21-27)37(31-10-6-5-9-29(31)24-38)33(35-2)34(30)18-7-4-8-19-34/h1,5-6,9-10,15-16,21,24-26,28H,4,7-8,11-14,17-20,22-23H2,2H3. The molecular weight excluding hydrogens is 466 g/mol. The molecule has 0 bridgehead atoms. The predicted molar refractivity (Wildman–Crippen MR) is 157 cm³/mol. The summed E-state index contributed by atoms with van der Waals surface area (Å²) < 4.78 is 0. The maximum atomic E-state index is 12.1. The van der Waals surface area contributed by atoms with Gasteiger partial charge in [-0.05, 0) is 92.7 Å².